The highest BCUT2D eigenvalue weighted by Gasteiger charge is 2.15. The molecule has 0 amide bonds. The average molecular weight is 119 g/mol. The van der Waals surface area contributed by atoms with Crippen molar-refractivity contribution in [3.8, 4) is 0 Å². The first-order chi connectivity index (χ1) is 3.29. The van der Waals surface area contributed by atoms with Gasteiger partial charge in [-0.05, 0) is 0 Å². The minimum atomic E-state index is 0.421. The Morgan fingerprint density at radius 1 is 1.86 bits per heavy atom. The molecule has 1 aliphatic rings. The van der Waals surface area contributed by atoms with Crippen molar-refractivity contribution in [2.75, 3.05) is 20.2 Å². The normalized spacial score (nSPS) is 34.3. The van der Waals surface area contributed by atoms with Crippen LogP contribution < -0.4 is 0 Å². The summed E-state index contributed by atoms with van der Waals surface area (Å²) >= 11 is 4.19. The quantitative estimate of drug-likeness (QED) is 0.456. The van der Waals surface area contributed by atoms with E-state index in [-0.39, 0.29) is 0 Å². The van der Waals surface area contributed by atoms with Crippen molar-refractivity contribution in [2.24, 2.45) is 0 Å². The van der Waals surface area contributed by atoms with E-state index < -0.39 is 0 Å². The lowest BCUT2D eigenvalue weighted by Crippen LogP contribution is -2.12. The van der Waals surface area contributed by atoms with E-state index in [2.05, 4.69) is 12.6 Å². The van der Waals surface area contributed by atoms with Crippen molar-refractivity contribution in [2.45, 2.75) is 5.25 Å². The van der Waals surface area contributed by atoms with E-state index in [4.69, 9.17) is 4.84 Å². The van der Waals surface area contributed by atoms with E-state index in [1.807, 2.05) is 7.05 Å². The van der Waals surface area contributed by atoms with Gasteiger partial charge in [-0.15, -0.1) is 0 Å². The first-order valence-electron chi connectivity index (χ1n) is 2.31. The lowest BCUT2D eigenvalue weighted by atomic mass is 10.5. The Bertz CT molecular complexity index is 60.7. The summed E-state index contributed by atoms with van der Waals surface area (Å²) in [6.07, 6.45) is 0. The fourth-order valence-electron chi connectivity index (χ4n) is 0.615. The summed E-state index contributed by atoms with van der Waals surface area (Å²) in [6, 6.07) is 0. The van der Waals surface area contributed by atoms with Crippen LogP contribution in [-0.2, 0) is 4.84 Å². The molecule has 0 radical (unpaired) electrons. The number of hydrogen-bond acceptors (Lipinski definition) is 3. The van der Waals surface area contributed by atoms with Gasteiger partial charge in [-0.3, -0.25) is 4.84 Å². The summed E-state index contributed by atoms with van der Waals surface area (Å²) in [5, 5.41) is 2.22. The minimum Gasteiger partial charge on any atom is -0.298 e. The van der Waals surface area contributed by atoms with Gasteiger partial charge in [0, 0.05) is 18.8 Å². The predicted molar refractivity (Wildman–Crippen MR) is 31.4 cm³/mol. The monoisotopic (exact) mass is 119 g/mol. The van der Waals surface area contributed by atoms with Crippen LogP contribution in [0.15, 0.2) is 0 Å². The van der Waals surface area contributed by atoms with E-state index in [9.17, 15) is 0 Å². The van der Waals surface area contributed by atoms with Gasteiger partial charge in [-0.25, -0.2) is 0 Å². The van der Waals surface area contributed by atoms with Crippen LogP contribution in [0.5, 0.6) is 0 Å². The van der Waals surface area contributed by atoms with Crippen molar-refractivity contribution in [3.63, 3.8) is 0 Å². The summed E-state index contributed by atoms with van der Waals surface area (Å²) in [5.74, 6) is 0. The molecule has 1 atom stereocenters. The third kappa shape index (κ3) is 1.33. The second kappa shape index (κ2) is 2.03. The summed E-state index contributed by atoms with van der Waals surface area (Å²) < 4.78 is 0. The predicted octanol–water partition coefficient (Wildman–Crippen LogP) is 0.162. The van der Waals surface area contributed by atoms with Crippen LogP contribution in [0.3, 0.4) is 0 Å². The molecule has 1 saturated heterocycles. The first-order valence-corrected chi connectivity index (χ1v) is 2.83. The maximum absolute atomic E-state index is 5.02. The Balaban J connectivity index is 2.26. The standard InChI is InChI=1S/C4H9NOS/c1-5-2-4(7)3-6-5/h4,7H,2-3H2,1H3. The van der Waals surface area contributed by atoms with Crippen molar-refractivity contribution in [1.82, 2.24) is 5.06 Å². The van der Waals surface area contributed by atoms with Gasteiger partial charge in [0.05, 0.1) is 6.61 Å². The van der Waals surface area contributed by atoms with Crippen LogP contribution in [0.25, 0.3) is 0 Å². The van der Waals surface area contributed by atoms with Gasteiger partial charge in [0.1, 0.15) is 0 Å². The van der Waals surface area contributed by atoms with Crippen molar-refractivity contribution in [1.29, 1.82) is 0 Å². The van der Waals surface area contributed by atoms with Gasteiger partial charge < -0.3 is 0 Å². The Kier molecular flexibility index (Phi) is 1.57. The molecule has 0 spiro atoms. The zero-order valence-corrected chi connectivity index (χ0v) is 5.19. The summed E-state index contributed by atoms with van der Waals surface area (Å²) in [7, 11) is 1.91. The lowest BCUT2D eigenvalue weighted by molar-refractivity contribution is -0.0866. The molecule has 0 bridgehead atoms. The van der Waals surface area contributed by atoms with Crippen LogP contribution >= 0.6 is 12.6 Å². The Morgan fingerprint density at radius 2 is 2.57 bits per heavy atom. The Morgan fingerprint density at radius 3 is 2.71 bits per heavy atom. The molecule has 1 unspecified atom stereocenters. The van der Waals surface area contributed by atoms with Crippen LogP contribution in [-0.4, -0.2) is 30.5 Å². The molecule has 0 saturated carbocycles. The highest BCUT2D eigenvalue weighted by atomic mass is 32.1. The maximum atomic E-state index is 5.02. The molecule has 1 heterocycles. The molecule has 1 aliphatic heterocycles. The third-order valence-electron chi connectivity index (χ3n) is 0.955. The molecule has 0 aromatic heterocycles. The van der Waals surface area contributed by atoms with Gasteiger partial charge in [0.25, 0.3) is 0 Å². The highest BCUT2D eigenvalue weighted by Crippen LogP contribution is 2.06. The zero-order valence-electron chi connectivity index (χ0n) is 4.29. The summed E-state index contributed by atoms with van der Waals surface area (Å²) in [6.45, 7) is 1.71. The highest BCUT2D eigenvalue weighted by molar-refractivity contribution is 7.81. The molecule has 1 fully saturated rings. The number of hydrogen-bond donors (Lipinski definition) is 1. The van der Waals surface area contributed by atoms with Gasteiger partial charge in [0.2, 0.25) is 0 Å². The van der Waals surface area contributed by atoms with E-state index >= 15 is 0 Å². The molecular weight excluding hydrogens is 110 g/mol. The maximum Gasteiger partial charge on any atom is 0.0814 e. The van der Waals surface area contributed by atoms with E-state index in [1.165, 1.54) is 0 Å². The Labute approximate surface area is 48.8 Å². The first kappa shape index (κ1) is 5.41. The molecule has 42 valence electrons. The van der Waals surface area contributed by atoms with E-state index in [1.54, 1.807) is 5.06 Å². The molecule has 0 N–H and O–H groups in total. The number of rotatable bonds is 0. The smallest absolute Gasteiger partial charge is 0.0814 e. The minimum absolute atomic E-state index is 0.421. The summed E-state index contributed by atoms with van der Waals surface area (Å²) in [5.41, 5.74) is 0. The molecular formula is C4H9NOS. The van der Waals surface area contributed by atoms with E-state index in [0.717, 1.165) is 13.2 Å². The van der Waals surface area contributed by atoms with Crippen LogP contribution in [0, 0.1) is 0 Å². The second-order valence-electron chi connectivity index (χ2n) is 1.76. The molecule has 1 rings (SSSR count). The Hall–Kier alpha value is 0.270. The molecule has 0 aliphatic carbocycles. The summed E-state index contributed by atoms with van der Waals surface area (Å²) in [4.78, 5) is 5.02. The van der Waals surface area contributed by atoms with E-state index in [0.29, 0.717) is 5.25 Å². The van der Waals surface area contributed by atoms with Crippen LogP contribution in [0.4, 0.5) is 0 Å². The van der Waals surface area contributed by atoms with Gasteiger partial charge >= 0.3 is 0 Å². The lowest BCUT2D eigenvalue weighted by Gasteiger charge is -2.01. The SMILES string of the molecule is CN1CC(S)CO1. The van der Waals surface area contributed by atoms with Crippen LogP contribution in [0.1, 0.15) is 0 Å². The molecule has 2 nitrogen and oxygen atoms in total. The van der Waals surface area contributed by atoms with Gasteiger partial charge in [0.15, 0.2) is 0 Å². The van der Waals surface area contributed by atoms with Crippen molar-refractivity contribution < 1.29 is 4.84 Å². The van der Waals surface area contributed by atoms with Crippen molar-refractivity contribution >= 4 is 12.6 Å². The van der Waals surface area contributed by atoms with Crippen LogP contribution in [0.2, 0.25) is 0 Å². The topological polar surface area (TPSA) is 12.5 Å². The van der Waals surface area contributed by atoms with Crippen molar-refractivity contribution in [3.05, 3.63) is 0 Å². The fourth-order valence-corrected chi connectivity index (χ4v) is 0.912. The average Bonchev–Trinajstić information content (AvgIpc) is 1.87. The molecule has 7 heavy (non-hydrogen) atoms. The number of nitrogens with zero attached hydrogens (tertiary/aromatic N) is 1. The second-order valence-corrected chi connectivity index (χ2v) is 2.49. The fraction of sp³-hybridized carbons (Fsp3) is 1.00. The zero-order chi connectivity index (χ0) is 5.28. The third-order valence-corrected chi connectivity index (χ3v) is 1.27. The number of thiol groups is 1. The molecule has 0 aromatic rings. The molecule has 0 aromatic carbocycles. The number of hydroxylamine groups is 2. The van der Waals surface area contributed by atoms with Gasteiger partial charge in [-0.1, -0.05) is 0 Å². The van der Waals surface area contributed by atoms with Gasteiger partial charge in [-0.2, -0.15) is 17.7 Å². The largest absolute Gasteiger partial charge is 0.298 e. The molecule has 3 heteroatoms.